The number of piperidine rings is 1. The van der Waals surface area contributed by atoms with E-state index in [4.69, 9.17) is 9.47 Å². The topological polar surface area (TPSA) is 91.4 Å². The molecule has 2 aromatic carbocycles. The summed E-state index contributed by atoms with van der Waals surface area (Å²) in [5.74, 6) is 0.315. The molecule has 5 rings (SSSR count). The molecule has 1 spiro atoms. The summed E-state index contributed by atoms with van der Waals surface area (Å²) in [6, 6.07) is 19.1. The first-order chi connectivity index (χ1) is 18.0. The molecule has 3 amide bonds. The first-order valence-corrected chi connectivity index (χ1v) is 13.0. The highest BCUT2D eigenvalue weighted by Gasteiger charge is 2.54. The molecule has 9 heteroatoms. The van der Waals surface area contributed by atoms with Gasteiger partial charge in [0.25, 0.3) is 11.8 Å². The largest absolute Gasteiger partial charge is 0.484 e. The van der Waals surface area contributed by atoms with E-state index in [1.54, 1.807) is 9.80 Å². The summed E-state index contributed by atoms with van der Waals surface area (Å²) in [5.41, 5.74) is 0.151. The number of carbonyl (C=O) groups is 3. The minimum atomic E-state index is -0.784. The van der Waals surface area contributed by atoms with Crippen molar-refractivity contribution in [2.75, 3.05) is 51.0 Å². The van der Waals surface area contributed by atoms with Crippen molar-refractivity contribution in [3.63, 3.8) is 0 Å². The zero-order chi connectivity index (χ0) is 25.7. The highest BCUT2D eigenvalue weighted by atomic mass is 16.5. The van der Waals surface area contributed by atoms with E-state index in [9.17, 15) is 14.4 Å². The molecule has 9 nitrogen and oxygen atoms in total. The summed E-state index contributed by atoms with van der Waals surface area (Å²) >= 11 is 0. The molecule has 0 aliphatic carbocycles. The Balaban J connectivity index is 1.23. The standard InChI is InChI=1S/C28H34N4O5/c33-25(29-18-24-12-7-17-36-24)19-31-21-32(22-8-3-1-4-9-22)28(27(31)35)13-15-30(16-14-28)26(34)20-37-23-10-5-2-6-11-23/h1-6,8-11,24H,7,12-21H2,(H,29,33). The number of nitrogens with zero attached hydrogens (tertiary/aromatic N) is 3. The SMILES string of the molecule is O=C(CN1CN(c2ccccc2)C2(CCN(C(=O)COc3ccccc3)CC2)C1=O)NCC1CCCO1. The highest BCUT2D eigenvalue weighted by molar-refractivity contribution is 5.96. The van der Waals surface area contributed by atoms with Crippen molar-refractivity contribution in [2.24, 2.45) is 0 Å². The number of nitrogens with one attached hydrogen (secondary N) is 1. The number of para-hydroxylation sites is 2. The van der Waals surface area contributed by atoms with E-state index in [-0.39, 0.29) is 37.0 Å². The summed E-state index contributed by atoms with van der Waals surface area (Å²) in [5, 5.41) is 2.92. The van der Waals surface area contributed by atoms with Gasteiger partial charge in [0.15, 0.2) is 6.61 Å². The summed E-state index contributed by atoms with van der Waals surface area (Å²) in [6.07, 6.45) is 2.99. The fourth-order valence-corrected chi connectivity index (χ4v) is 5.46. The summed E-state index contributed by atoms with van der Waals surface area (Å²) in [4.78, 5) is 44.8. The molecule has 1 unspecified atom stereocenters. The second kappa shape index (κ2) is 11.2. The smallest absolute Gasteiger partial charge is 0.260 e. The Labute approximate surface area is 217 Å². The number of ether oxygens (including phenoxy) is 2. The van der Waals surface area contributed by atoms with Crippen LogP contribution >= 0.6 is 0 Å². The molecule has 3 heterocycles. The maximum Gasteiger partial charge on any atom is 0.260 e. The summed E-state index contributed by atoms with van der Waals surface area (Å²) in [6.45, 7) is 2.40. The predicted octanol–water partition coefficient (Wildman–Crippen LogP) is 2.03. The van der Waals surface area contributed by atoms with E-state index in [2.05, 4.69) is 10.2 Å². The number of benzene rings is 2. The number of likely N-dealkylation sites (tertiary alicyclic amines) is 1. The highest BCUT2D eigenvalue weighted by Crippen LogP contribution is 2.39. The Morgan fingerprint density at radius 3 is 2.41 bits per heavy atom. The van der Waals surface area contributed by atoms with Crippen LogP contribution in [0.15, 0.2) is 60.7 Å². The van der Waals surface area contributed by atoms with E-state index in [0.29, 0.717) is 44.9 Å². The lowest BCUT2D eigenvalue weighted by Crippen LogP contribution is -2.58. The molecule has 3 fully saturated rings. The lowest BCUT2D eigenvalue weighted by atomic mass is 9.85. The Bertz CT molecular complexity index is 1080. The lowest BCUT2D eigenvalue weighted by Gasteiger charge is -2.43. The van der Waals surface area contributed by atoms with Gasteiger partial charge in [-0.15, -0.1) is 0 Å². The van der Waals surface area contributed by atoms with Crippen LogP contribution in [-0.2, 0) is 19.1 Å². The quantitative estimate of drug-likeness (QED) is 0.589. The Morgan fingerprint density at radius 2 is 1.73 bits per heavy atom. The molecule has 1 atom stereocenters. The minimum Gasteiger partial charge on any atom is -0.484 e. The molecule has 1 N–H and O–H groups in total. The Hall–Kier alpha value is -3.59. The molecular formula is C28H34N4O5. The van der Waals surface area contributed by atoms with E-state index >= 15 is 0 Å². The molecule has 3 saturated heterocycles. The fraction of sp³-hybridized carbons (Fsp3) is 0.464. The van der Waals surface area contributed by atoms with Gasteiger partial charge in [0, 0.05) is 31.9 Å². The molecule has 0 bridgehead atoms. The molecule has 3 aliphatic heterocycles. The van der Waals surface area contributed by atoms with Crippen LogP contribution in [0.1, 0.15) is 25.7 Å². The van der Waals surface area contributed by atoms with E-state index in [1.165, 1.54) is 0 Å². The normalized spacial score (nSPS) is 20.9. The van der Waals surface area contributed by atoms with Crippen LogP contribution in [0.5, 0.6) is 5.75 Å². The molecular weight excluding hydrogens is 472 g/mol. The molecule has 196 valence electrons. The van der Waals surface area contributed by atoms with Crippen LogP contribution in [0.4, 0.5) is 5.69 Å². The number of carbonyl (C=O) groups excluding carboxylic acids is 3. The maximum atomic E-state index is 13.8. The maximum absolute atomic E-state index is 13.8. The fourth-order valence-electron chi connectivity index (χ4n) is 5.46. The van der Waals surface area contributed by atoms with Gasteiger partial charge in [-0.2, -0.15) is 0 Å². The minimum absolute atomic E-state index is 0.00416. The first kappa shape index (κ1) is 25.1. The predicted molar refractivity (Wildman–Crippen MR) is 138 cm³/mol. The molecule has 0 radical (unpaired) electrons. The Kier molecular flexibility index (Phi) is 7.60. The number of rotatable bonds is 8. The third kappa shape index (κ3) is 5.56. The van der Waals surface area contributed by atoms with Crippen molar-refractivity contribution in [1.82, 2.24) is 15.1 Å². The summed E-state index contributed by atoms with van der Waals surface area (Å²) in [7, 11) is 0. The van der Waals surface area contributed by atoms with Crippen LogP contribution in [0.3, 0.4) is 0 Å². The van der Waals surface area contributed by atoms with Crippen molar-refractivity contribution in [1.29, 1.82) is 0 Å². The van der Waals surface area contributed by atoms with Crippen molar-refractivity contribution < 1.29 is 23.9 Å². The van der Waals surface area contributed by atoms with Gasteiger partial charge in [-0.3, -0.25) is 14.4 Å². The average Bonchev–Trinajstić information content (AvgIpc) is 3.55. The third-order valence-corrected chi connectivity index (χ3v) is 7.52. The summed E-state index contributed by atoms with van der Waals surface area (Å²) < 4.78 is 11.2. The average molecular weight is 507 g/mol. The number of anilines is 1. The van der Waals surface area contributed by atoms with Crippen molar-refractivity contribution in [3.05, 3.63) is 60.7 Å². The van der Waals surface area contributed by atoms with Gasteiger partial charge in [0.05, 0.1) is 12.8 Å². The molecule has 0 saturated carbocycles. The van der Waals surface area contributed by atoms with Gasteiger partial charge in [0.2, 0.25) is 5.91 Å². The molecule has 37 heavy (non-hydrogen) atoms. The van der Waals surface area contributed by atoms with E-state index in [0.717, 1.165) is 25.1 Å². The van der Waals surface area contributed by atoms with E-state index < -0.39 is 5.54 Å². The van der Waals surface area contributed by atoms with Gasteiger partial charge in [-0.1, -0.05) is 36.4 Å². The molecule has 0 aromatic heterocycles. The van der Waals surface area contributed by atoms with Crippen molar-refractivity contribution in [2.45, 2.75) is 37.3 Å². The van der Waals surface area contributed by atoms with Crippen molar-refractivity contribution in [3.8, 4) is 5.75 Å². The Morgan fingerprint density at radius 1 is 1.03 bits per heavy atom. The van der Waals surface area contributed by atoms with Crippen LogP contribution in [-0.4, -0.2) is 85.2 Å². The molecule has 2 aromatic rings. The van der Waals surface area contributed by atoms with Crippen LogP contribution in [0.2, 0.25) is 0 Å². The van der Waals surface area contributed by atoms with E-state index in [1.807, 2.05) is 60.7 Å². The van der Waals surface area contributed by atoms with Crippen molar-refractivity contribution >= 4 is 23.4 Å². The lowest BCUT2D eigenvalue weighted by molar-refractivity contribution is -0.140. The third-order valence-electron chi connectivity index (χ3n) is 7.52. The van der Waals surface area contributed by atoms with Crippen LogP contribution in [0, 0.1) is 0 Å². The zero-order valence-electron chi connectivity index (χ0n) is 21.0. The van der Waals surface area contributed by atoms with Crippen LogP contribution in [0.25, 0.3) is 0 Å². The number of hydrogen-bond acceptors (Lipinski definition) is 6. The number of hydrogen-bond donors (Lipinski definition) is 1. The van der Waals surface area contributed by atoms with Gasteiger partial charge < -0.3 is 29.5 Å². The zero-order valence-corrected chi connectivity index (χ0v) is 21.0. The first-order valence-electron chi connectivity index (χ1n) is 13.0. The van der Waals surface area contributed by atoms with Gasteiger partial charge in [0.1, 0.15) is 17.8 Å². The molecule has 3 aliphatic rings. The second-order valence-corrected chi connectivity index (χ2v) is 9.86. The van der Waals surface area contributed by atoms with Gasteiger partial charge in [-0.05, 0) is 49.9 Å². The monoisotopic (exact) mass is 506 g/mol. The second-order valence-electron chi connectivity index (χ2n) is 9.86. The number of amides is 3. The van der Waals surface area contributed by atoms with Gasteiger partial charge in [-0.25, -0.2) is 0 Å². The van der Waals surface area contributed by atoms with Gasteiger partial charge >= 0.3 is 0 Å². The van der Waals surface area contributed by atoms with Crippen LogP contribution < -0.4 is 15.0 Å².